The summed E-state index contributed by atoms with van der Waals surface area (Å²) in [6.07, 6.45) is 8.58. The van der Waals surface area contributed by atoms with E-state index in [1.807, 2.05) is 66.7 Å². The lowest BCUT2D eigenvalue weighted by Crippen LogP contribution is -2.15. The fraction of sp³-hybridized carbons (Fsp3) is 0.0392. The van der Waals surface area contributed by atoms with Crippen molar-refractivity contribution in [3.8, 4) is 56.7 Å². The third-order valence-corrected chi connectivity index (χ3v) is 11.4. The average molecular weight is 733 g/mol. The average Bonchev–Trinajstić information content (AvgIpc) is 3.96. The zero-order valence-corrected chi connectivity index (χ0v) is 30.6. The van der Waals surface area contributed by atoms with Crippen molar-refractivity contribution in [1.82, 2.24) is 19.5 Å². The van der Waals surface area contributed by atoms with Gasteiger partial charge in [-0.25, -0.2) is 15.0 Å². The Hall–Kier alpha value is -7.57. The summed E-state index contributed by atoms with van der Waals surface area (Å²) in [5.41, 5.74) is 10.7. The van der Waals surface area contributed by atoms with Gasteiger partial charge in [0.25, 0.3) is 0 Å². The number of hydrogen-bond donors (Lipinski definition) is 0. The number of rotatable bonds is 5. The van der Waals surface area contributed by atoms with Crippen molar-refractivity contribution in [2.75, 3.05) is 0 Å². The summed E-state index contributed by atoms with van der Waals surface area (Å²) < 4.78 is 16.0. The number of aromatic nitrogens is 4. The van der Waals surface area contributed by atoms with Gasteiger partial charge in [0.05, 0.1) is 16.7 Å². The van der Waals surface area contributed by atoms with Gasteiger partial charge in [-0.3, -0.25) is 0 Å². The Labute approximate surface area is 327 Å². The minimum atomic E-state index is -0.0163. The summed E-state index contributed by atoms with van der Waals surface area (Å²) in [4.78, 5) is 15.3. The predicted octanol–water partition coefficient (Wildman–Crippen LogP) is 12.5. The van der Waals surface area contributed by atoms with E-state index in [-0.39, 0.29) is 12.0 Å². The van der Waals surface area contributed by atoms with Crippen LogP contribution >= 0.6 is 0 Å². The summed E-state index contributed by atoms with van der Waals surface area (Å²) in [7, 11) is 0. The molecule has 3 aromatic heterocycles. The highest BCUT2D eigenvalue weighted by molar-refractivity contribution is 6.15. The highest BCUT2D eigenvalue weighted by atomic mass is 16.5. The molecular weight excluding hydrogens is 701 g/mol. The first-order valence-electron chi connectivity index (χ1n) is 19.3. The molecule has 0 saturated heterocycles. The van der Waals surface area contributed by atoms with Crippen LogP contribution in [-0.4, -0.2) is 25.6 Å². The first kappa shape index (κ1) is 31.7. The second-order valence-corrected chi connectivity index (χ2v) is 14.7. The topological polar surface area (TPSA) is 66.0 Å². The Bertz CT molecular complexity index is 3210. The van der Waals surface area contributed by atoms with Crippen molar-refractivity contribution >= 4 is 43.7 Å². The molecule has 1 aliphatic carbocycles. The van der Waals surface area contributed by atoms with E-state index >= 15 is 0 Å². The molecule has 4 heterocycles. The Morgan fingerprint density at radius 1 is 0.491 bits per heavy atom. The van der Waals surface area contributed by atoms with Gasteiger partial charge in [0.1, 0.15) is 23.0 Å². The number of benzene rings is 7. The molecule has 57 heavy (non-hydrogen) atoms. The van der Waals surface area contributed by atoms with Crippen molar-refractivity contribution in [3.63, 3.8) is 0 Å². The molecule has 2 unspecified atom stereocenters. The SMILES string of the molecule is C1=CC2Oc3c(ccc4c5ccccc5n(-c5ccc6c(c5)oc5cc(-c7ccccc7)cc(-c7nc(-c8ccccc8)nc(-c8ccccc8)n7)c56)c34)C2C=C1. The number of ether oxygens (including phenoxy) is 1. The first-order chi connectivity index (χ1) is 28.2. The van der Waals surface area contributed by atoms with E-state index in [0.717, 1.165) is 77.6 Å². The van der Waals surface area contributed by atoms with Gasteiger partial charge < -0.3 is 13.7 Å². The molecule has 1 aliphatic heterocycles. The molecular formula is C51H32N4O2. The molecule has 0 fully saturated rings. The van der Waals surface area contributed by atoms with Crippen LogP contribution < -0.4 is 4.74 Å². The zero-order chi connectivity index (χ0) is 37.5. The lowest BCUT2D eigenvalue weighted by atomic mass is 9.91. The quantitative estimate of drug-likeness (QED) is 0.176. The van der Waals surface area contributed by atoms with E-state index in [4.69, 9.17) is 24.1 Å². The molecule has 0 amide bonds. The Morgan fingerprint density at radius 3 is 1.89 bits per heavy atom. The Kier molecular flexibility index (Phi) is 6.95. The van der Waals surface area contributed by atoms with Crippen molar-refractivity contribution < 1.29 is 9.15 Å². The molecule has 6 heteroatoms. The maximum Gasteiger partial charge on any atom is 0.164 e. The monoisotopic (exact) mass is 732 g/mol. The van der Waals surface area contributed by atoms with Crippen LogP contribution in [0.3, 0.4) is 0 Å². The van der Waals surface area contributed by atoms with Gasteiger partial charge in [-0.2, -0.15) is 0 Å². The van der Waals surface area contributed by atoms with E-state index < -0.39 is 0 Å². The maximum absolute atomic E-state index is 6.91. The first-order valence-corrected chi connectivity index (χ1v) is 19.3. The van der Waals surface area contributed by atoms with Gasteiger partial charge in [0.2, 0.25) is 0 Å². The molecule has 0 spiro atoms. The van der Waals surface area contributed by atoms with E-state index in [2.05, 4.69) is 120 Å². The van der Waals surface area contributed by atoms with Gasteiger partial charge in [-0.15, -0.1) is 0 Å². The molecule has 0 bridgehead atoms. The zero-order valence-electron chi connectivity index (χ0n) is 30.6. The number of nitrogens with zero attached hydrogens (tertiary/aromatic N) is 4. The molecule has 10 aromatic rings. The van der Waals surface area contributed by atoms with Gasteiger partial charge in [-0.05, 0) is 47.5 Å². The van der Waals surface area contributed by atoms with Gasteiger partial charge in [0, 0.05) is 55.8 Å². The molecule has 0 N–H and O–H groups in total. The predicted molar refractivity (Wildman–Crippen MR) is 229 cm³/mol. The van der Waals surface area contributed by atoms with Crippen LogP contribution in [-0.2, 0) is 0 Å². The molecule has 7 aromatic carbocycles. The van der Waals surface area contributed by atoms with Crippen molar-refractivity contribution in [2.24, 2.45) is 0 Å². The van der Waals surface area contributed by atoms with Crippen LogP contribution in [0.1, 0.15) is 11.5 Å². The number of allylic oxidation sites excluding steroid dienone is 2. The van der Waals surface area contributed by atoms with Crippen LogP contribution in [0.4, 0.5) is 0 Å². The van der Waals surface area contributed by atoms with E-state index in [9.17, 15) is 0 Å². The molecule has 0 radical (unpaired) electrons. The summed E-state index contributed by atoms with van der Waals surface area (Å²) in [6, 6.07) is 54.5. The highest BCUT2D eigenvalue weighted by Gasteiger charge is 2.35. The molecule has 268 valence electrons. The standard InChI is InChI=1S/C51H32N4O2/c1-4-14-31(15-5-1)34-28-41(51-53-49(32-16-6-2-7-17-32)52-50(54-51)33-18-8-3-9-19-33)46-40-25-24-35(30-44(40)56-45(46)29-34)55-42-22-12-10-20-36(42)38-26-27-39-37-21-11-13-23-43(37)57-48(39)47(38)55/h1-30,37,43H. The fourth-order valence-corrected chi connectivity index (χ4v) is 8.75. The Morgan fingerprint density at radius 2 is 1.14 bits per heavy atom. The van der Waals surface area contributed by atoms with Crippen LogP contribution in [0, 0.1) is 0 Å². The van der Waals surface area contributed by atoms with Crippen LogP contribution in [0.5, 0.6) is 5.75 Å². The molecule has 2 aliphatic rings. The summed E-state index contributed by atoms with van der Waals surface area (Å²) in [5.74, 6) is 2.93. The van der Waals surface area contributed by atoms with Crippen molar-refractivity contribution in [2.45, 2.75) is 12.0 Å². The normalized spacial score (nSPS) is 15.7. The Balaban J connectivity index is 1.11. The van der Waals surface area contributed by atoms with Crippen molar-refractivity contribution in [3.05, 3.63) is 188 Å². The summed E-state index contributed by atoms with van der Waals surface area (Å²) in [5, 5.41) is 4.27. The lowest BCUT2D eigenvalue weighted by Gasteiger charge is -2.14. The molecule has 6 nitrogen and oxygen atoms in total. The maximum atomic E-state index is 6.91. The number of para-hydroxylation sites is 1. The number of fused-ring (bicyclic) bond motifs is 10. The highest BCUT2D eigenvalue weighted by Crippen LogP contribution is 2.49. The van der Waals surface area contributed by atoms with Crippen LogP contribution in [0.2, 0.25) is 0 Å². The third kappa shape index (κ3) is 5.00. The fourth-order valence-electron chi connectivity index (χ4n) is 8.75. The summed E-state index contributed by atoms with van der Waals surface area (Å²) >= 11 is 0. The number of furan rings is 1. The minimum Gasteiger partial charge on any atom is -0.483 e. The van der Waals surface area contributed by atoms with Gasteiger partial charge >= 0.3 is 0 Å². The van der Waals surface area contributed by atoms with E-state index in [1.165, 1.54) is 10.9 Å². The van der Waals surface area contributed by atoms with Crippen LogP contribution in [0.15, 0.2) is 186 Å². The van der Waals surface area contributed by atoms with Gasteiger partial charge in [0.15, 0.2) is 17.5 Å². The van der Waals surface area contributed by atoms with Gasteiger partial charge in [-0.1, -0.05) is 140 Å². The van der Waals surface area contributed by atoms with E-state index in [1.54, 1.807) is 0 Å². The van der Waals surface area contributed by atoms with Crippen molar-refractivity contribution in [1.29, 1.82) is 0 Å². The molecule has 12 rings (SSSR count). The summed E-state index contributed by atoms with van der Waals surface area (Å²) in [6.45, 7) is 0. The third-order valence-electron chi connectivity index (χ3n) is 11.4. The lowest BCUT2D eigenvalue weighted by molar-refractivity contribution is 0.271. The smallest absolute Gasteiger partial charge is 0.164 e. The van der Waals surface area contributed by atoms with E-state index in [0.29, 0.717) is 17.5 Å². The largest absolute Gasteiger partial charge is 0.483 e. The van der Waals surface area contributed by atoms with Crippen LogP contribution in [0.25, 0.3) is 94.7 Å². The molecule has 2 atom stereocenters. The second kappa shape index (κ2) is 12.5. The molecule has 0 saturated carbocycles. The number of hydrogen-bond acceptors (Lipinski definition) is 5. The minimum absolute atomic E-state index is 0.0163. The second-order valence-electron chi connectivity index (χ2n) is 14.7.